The van der Waals surface area contributed by atoms with E-state index in [1.807, 2.05) is 0 Å². The van der Waals surface area contributed by atoms with Crippen LogP contribution >= 0.6 is 11.3 Å². The average Bonchev–Trinajstić information content (AvgIpc) is 3.06. The van der Waals surface area contributed by atoms with Crippen LogP contribution < -0.4 is 20.9 Å². The maximum absolute atomic E-state index is 12.3. The normalized spacial score (nSPS) is 13.0. The van der Waals surface area contributed by atoms with Gasteiger partial charge in [-0.25, -0.2) is 9.78 Å². The average molecular weight is 345 g/mol. The van der Waals surface area contributed by atoms with Gasteiger partial charge in [0.05, 0.1) is 11.4 Å². The van der Waals surface area contributed by atoms with E-state index in [0.29, 0.717) is 16.5 Å². The maximum atomic E-state index is 12.3. The molecule has 0 spiro atoms. The molecule has 3 rings (SSSR count). The van der Waals surface area contributed by atoms with Gasteiger partial charge in [0.15, 0.2) is 5.13 Å². The monoisotopic (exact) mass is 345 g/mol. The third kappa shape index (κ3) is 3.69. The van der Waals surface area contributed by atoms with Crippen molar-refractivity contribution in [2.45, 2.75) is 6.42 Å². The van der Waals surface area contributed by atoms with Crippen molar-refractivity contribution in [1.29, 1.82) is 0 Å². The Balaban J connectivity index is 1.54. The first-order chi connectivity index (χ1) is 11.6. The molecule has 124 valence electrons. The van der Waals surface area contributed by atoms with E-state index < -0.39 is 6.03 Å². The zero-order valence-electron chi connectivity index (χ0n) is 12.6. The van der Waals surface area contributed by atoms with Crippen molar-refractivity contribution in [2.24, 2.45) is 0 Å². The summed E-state index contributed by atoms with van der Waals surface area (Å²) in [5.41, 5.74) is 1.22. The van der Waals surface area contributed by atoms with E-state index in [1.165, 1.54) is 16.2 Å². The molecule has 2 heterocycles. The van der Waals surface area contributed by atoms with Gasteiger partial charge in [-0.2, -0.15) is 0 Å². The van der Waals surface area contributed by atoms with Crippen LogP contribution in [0, 0.1) is 0 Å². The van der Waals surface area contributed by atoms with Gasteiger partial charge in [0.1, 0.15) is 6.54 Å². The first kappa shape index (κ1) is 15.9. The third-order valence-corrected chi connectivity index (χ3v) is 4.01. The maximum Gasteiger partial charge on any atom is 0.322 e. The van der Waals surface area contributed by atoms with Crippen molar-refractivity contribution in [3.63, 3.8) is 0 Å². The molecule has 8 nitrogen and oxygen atoms in total. The molecule has 0 aliphatic carbocycles. The standard InChI is InChI=1S/C15H15N5O3S/c21-12(19-14-16-7-8-24-14)5-6-17-15(23)20-9-13(22)18-10-3-1-2-4-11(10)20/h1-4,7-8H,5-6,9H2,(H,17,23)(H,18,22)(H,16,19,21). The number of aromatic nitrogens is 1. The molecule has 0 unspecified atom stereocenters. The van der Waals surface area contributed by atoms with Gasteiger partial charge >= 0.3 is 6.03 Å². The van der Waals surface area contributed by atoms with Gasteiger partial charge in [0, 0.05) is 24.5 Å². The highest BCUT2D eigenvalue weighted by Crippen LogP contribution is 2.28. The Bertz CT molecular complexity index is 762. The van der Waals surface area contributed by atoms with Crippen LogP contribution in [0.2, 0.25) is 0 Å². The second-order valence-electron chi connectivity index (χ2n) is 5.02. The summed E-state index contributed by atoms with van der Waals surface area (Å²) in [7, 11) is 0. The van der Waals surface area contributed by atoms with E-state index >= 15 is 0 Å². The summed E-state index contributed by atoms with van der Waals surface area (Å²) in [5.74, 6) is -0.493. The molecule has 0 fully saturated rings. The van der Waals surface area contributed by atoms with E-state index in [1.54, 1.807) is 35.8 Å². The summed E-state index contributed by atoms with van der Waals surface area (Å²) in [6.45, 7) is 0.102. The lowest BCUT2D eigenvalue weighted by Crippen LogP contribution is -2.47. The zero-order valence-corrected chi connectivity index (χ0v) is 13.4. The fourth-order valence-electron chi connectivity index (χ4n) is 2.26. The number of urea groups is 1. The topological polar surface area (TPSA) is 103 Å². The fourth-order valence-corrected chi connectivity index (χ4v) is 2.80. The minimum atomic E-state index is -0.417. The van der Waals surface area contributed by atoms with Crippen molar-refractivity contribution in [3.05, 3.63) is 35.8 Å². The smallest absolute Gasteiger partial charge is 0.322 e. The number of hydrogen-bond acceptors (Lipinski definition) is 5. The van der Waals surface area contributed by atoms with Crippen LogP contribution in [0.5, 0.6) is 0 Å². The number of fused-ring (bicyclic) bond motifs is 1. The van der Waals surface area contributed by atoms with Crippen molar-refractivity contribution in [3.8, 4) is 0 Å². The first-order valence-corrected chi connectivity index (χ1v) is 8.15. The molecule has 1 aromatic heterocycles. The molecule has 0 radical (unpaired) electrons. The largest absolute Gasteiger partial charge is 0.337 e. The molecule has 3 N–H and O–H groups in total. The second kappa shape index (κ2) is 7.09. The summed E-state index contributed by atoms with van der Waals surface area (Å²) in [5, 5.41) is 10.3. The molecule has 9 heteroatoms. The van der Waals surface area contributed by atoms with Crippen LogP contribution in [0.15, 0.2) is 35.8 Å². The Morgan fingerprint density at radius 1 is 1.33 bits per heavy atom. The van der Waals surface area contributed by atoms with E-state index in [2.05, 4.69) is 20.9 Å². The van der Waals surface area contributed by atoms with Crippen molar-refractivity contribution >= 4 is 45.7 Å². The number of benzene rings is 1. The number of carbonyl (C=O) groups is 3. The first-order valence-electron chi connectivity index (χ1n) is 7.27. The SMILES string of the molecule is O=C(CCNC(=O)N1CC(=O)Nc2ccccc21)Nc1nccs1. The van der Waals surface area contributed by atoms with E-state index in [0.717, 1.165) is 0 Å². The quantitative estimate of drug-likeness (QED) is 0.783. The summed E-state index contributed by atoms with van der Waals surface area (Å²) < 4.78 is 0. The van der Waals surface area contributed by atoms with Gasteiger partial charge < -0.3 is 16.0 Å². The van der Waals surface area contributed by atoms with Crippen LogP contribution in [-0.4, -0.2) is 35.9 Å². The van der Waals surface area contributed by atoms with E-state index in [4.69, 9.17) is 0 Å². The highest BCUT2D eigenvalue weighted by Gasteiger charge is 2.26. The molecule has 0 saturated carbocycles. The number of carbonyl (C=O) groups excluding carboxylic acids is 3. The molecular weight excluding hydrogens is 330 g/mol. The van der Waals surface area contributed by atoms with Crippen molar-refractivity contribution < 1.29 is 14.4 Å². The fraction of sp³-hybridized carbons (Fsp3) is 0.200. The van der Waals surface area contributed by atoms with E-state index in [9.17, 15) is 14.4 Å². The minimum Gasteiger partial charge on any atom is -0.337 e. The van der Waals surface area contributed by atoms with Crippen molar-refractivity contribution in [1.82, 2.24) is 10.3 Å². The van der Waals surface area contributed by atoms with Gasteiger partial charge in [0.2, 0.25) is 11.8 Å². The zero-order chi connectivity index (χ0) is 16.9. The molecule has 1 aromatic carbocycles. The number of anilines is 3. The van der Waals surface area contributed by atoms with Crippen LogP contribution in [0.4, 0.5) is 21.3 Å². The predicted molar refractivity (Wildman–Crippen MR) is 91.2 cm³/mol. The summed E-state index contributed by atoms with van der Waals surface area (Å²) in [6, 6.07) is 6.64. The lowest BCUT2D eigenvalue weighted by molar-refractivity contribution is -0.116. The number of hydrogen-bond donors (Lipinski definition) is 3. The number of nitrogens with one attached hydrogen (secondary N) is 3. The molecular formula is C15H15N5O3S. The molecule has 0 atom stereocenters. The Morgan fingerprint density at radius 3 is 2.96 bits per heavy atom. The van der Waals surface area contributed by atoms with Gasteiger partial charge in [-0.15, -0.1) is 11.3 Å². The lowest BCUT2D eigenvalue weighted by Gasteiger charge is -2.29. The van der Waals surface area contributed by atoms with Crippen LogP contribution in [0.1, 0.15) is 6.42 Å². The molecule has 0 saturated heterocycles. The summed E-state index contributed by atoms with van der Waals surface area (Å²) >= 11 is 1.32. The summed E-state index contributed by atoms with van der Waals surface area (Å²) in [6.07, 6.45) is 1.72. The molecule has 24 heavy (non-hydrogen) atoms. The second-order valence-corrected chi connectivity index (χ2v) is 5.91. The minimum absolute atomic E-state index is 0.0614. The lowest BCUT2D eigenvalue weighted by atomic mass is 10.2. The molecule has 4 amide bonds. The third-order valence-electron chi connectivity index (χ3n) is 3.32. The highest BCUT2D eigenvalue weighted by molar-refractivity contribution is 7.13. The van der Waals surface area contributed by atoms with Gasteiger partial charge in [0.25, 0.3) is 0 Å². The number of rotatable bonds is 4. The number of amides is 4. The van der Waals surface area contributed by atoms with Crippen LogP contribution in [0.3, 0.4) is 0 Å². The van der Waals surface area contributed by atoms with Gasteiger partial charge in [-0.1, -0.05) is 12.1 Å². The Morgan fingerprint density at radius 2 is 2.17 bits per heavy atom. The molecule has 1 aliphatic rings. The number of nitrogens with zero attached hydrogens (tertiary/aromatic N) is 2. The van der Waals surface area contributed by atoms with Crippen molar-refractivity contribution in [2.75, 3.05) is 28.6 Å². The summed E-state index contributed by atoms with van der Waals surface area (Å²) in [4.78, 5) is 41.0. The molecule has 1 aliphatic heterocycles. The van der Waals surface area contributed by atoms with Crippen LogP contribution in [-0.2, 0) is 9.59 Å². The molecule has 2 aromatic rings. The number of thiazole rings is 1. The van der Waals surface area contributed by atoms with Gasteiger partial charge in [-0.3, -0.25) is 14.5 Å². The van der Waals surface area contributed by atoms with Crippen LogP contribution in [0.25, 0.3) is 0 Å². The Labute approximate surface area is 141 Å². The Kier molecular flexibility index (Phi) is 4.71. The Hall–Kier alpha value is -2.94. The molecule has 0 bridgehead atoms. The highest BCUT2D eigenvalue weighted by atomic mass is 32.1. The number of para-hydroxylation sites is 2. The van der Waals surface area contributed by atoms with E-state index in [-0.39, 0.29) is 31.3 Å². The van der Waals surface area contributed by atoms with Gasteiger partial charge in [-0.05, 0) is 12.1 Å². The predicted octanol–water partition coefficient (Wildman–Crippen LogP) is 1.64.